The van der Waals surface area contributed by atoms with Crippen LogP contribution in [-0.2, 0) is 14.6 Å². The van der Waals surface area contributed by atoms with Gasteiger partial charge < -0.3 is 9.47 Å². The molecule has 0 N–H and O–H groups in total. The highest BCUT2D eigenvalue weighted by Crippen LogP contribution is 2.29. The van der Waals surface area contributed by atoms with Crippen LogP contribution < -0.4 is 9.47 Å². The first-order chi connectivity index (χ1) is 15.1. The van der Waals surface area contributed by atoms with Crippen molar-refractivity contribution in [1.82, 2.24) is 0 Å². The number of nitro benzene ring substituents is 2. The molecular weight excluding hydrogens is 444 g/mol. The molecule has 32 heavy (non-hydrogen) atoms. The Labute approximate surface area is 182 Å². The van der Waals surface area contributed by atoms with Crippen LogP contribution in [0.5, 0.6) is 11.5 Å². The number of nitro groups is 2. The predicted octanol–water partition coefficient (Wildman–Crippen LogP) is 3.19. The molecule has 0 aliphatic carbocycles. The van der Waals surface area contributed by atoms with Crippen LogP contribution in [0, 0.1) is 20.2 Å². The standard InChI is InChI=1S/C20H18N2O9S/c1-30-19-7-4-14(11-17(19)21(24)25)3-6-16(23)13-32(28,29)10-9-15-5-8-20(31-2)18(12-15)22(26)27/h3-12H,13H2,1-2H3/b6-3-,10-9+. The zero-order valence-electron chi connectivity index (χ0n) is 17.0. The van der Waals surface area contributed by atoms with E-state index in [-0.39, 0.29) is 28.4 Å². The van der Waals surface area contributed by atoms with Crippen molar-refractivity contribution in [3.63, 3.8) is 0 Å². The lowest BCUT2D eigenvalue weighted by molar-refractivity contribution is -0.385. The molecule has 0 bridgehead atoms. The summed E-state index contributed by atoms with van der Waals surface area (Å²) in [6, 6.07) is 7.91. The molecule has 2 rings (SSSR count). The van der Waals surface area contributed by atoms with Crippen LogP contribution in [0.2, 0.25) is 0 Å². The van der Waals surface area contributed by atoms with Crippen LogP contribution >= 0.6 is 0 Å². The van der Waals surface area contributed by atoms with E-state index in [9.17, 15) is 33.4 Å². The first-order valence-electron chi connectivity index (χ1n) is 8.83. The van der Waals surface area contributed by atoms with E-state index in [1.165, 1.54) is 50.6 Å². The van der Waals surface area contributed by atoms with Crippen LogP contribution in [-0.4, -0.2) is 44.0 Å². The first-order valence-corrected chi connectivity index (χ1v) is 10.5. The topological polar surface area (TPSA) is 156 Å². The second kappa shape index (κ2) is 10.3. The van der Waals surface area contributed by atoms with Gasteiger partial charge in [0.25, 0.3) is 0 Å². The maximum Gasteiger partial charge on any atom is 0.311 e. The van der Waals surface area contributed by atoms with Crippen molar-refractivity contribution in [1.29, 1.82) is 0 Å². The lowest BCUT2D eigenvalue weighted by Crippen LogP contribution is -2.11. The molecule has 0 radical (unpaired) electrons. The Kier molecular flexibility index (Phi) is 7.80. The number of sulfone groups is 1. The SMILES string of the molecule is COc1ccc(/C=C\C(=O)CS(=O)(=O)/C=C/c2ccc(OC)c([N+](=O)[O-])c2)cc1[N+](=O)[O-]. The average molecular weight is 462 g/mol. The van der Waals surface area contributed by atoms with Gasteiger partial charge >= 0.3 is 11.4 Å². The Balaban J connectivity index is 2.13. The number of hydrogen-bond acceptors (Lipinski definition) is 9. The molecular formula is C20H18N2O9S. The van der Waals surface area contributed by atoms with E-state index in [2.05, 4.69) is 0 Å². The molecule has 2 aromatic carbocycles. The van der Waals surface area contributed by atoms with Gasteiger partial charge in [0.05, 0.1) is 24.1 Å². The van der Waals surface area contributed by atoms with Gasteiger partial charge in [-0.3, -0.25) is 25.0 Å². The fourth-order valence-electron chi connectivity index (χ4n) is 2.57. The molecule has 0 spiro atoms. The fraction of sp³-hybridized carbons (Fsp3) is 0.150. The van der Waals surface area contributed by atoms with E-state index in [0.29, 0.717) is 5.56 Å². The predicted molar refractivity (Wildman–Crippen MR) is 116 cm³/mol. The maximum atomic E-state index is 12.2. The number of carbonyl (C=O) groups excluding carboxylic acids is 1. The molecule has 0 aliphatic heterocycles. The summed E-state index contributed by atoms with van der Waals surface area (Å²) in [4.78, 5) is 32.8. The maximum absolute atomic E-state index is 12.2. The molecule has 0 aromatic heterocycles. The van der Waals surface area contributed by atoms with E-state index in [1.807, 2.05) is 0 Å². The Bertz CT molecular complexity index is 1220. The molecule has 0 saturated carbocycles. The van der Waals surface area contributed by atoms with Gasteiger partial charge in [-0.15, -0.1) is 0 Å². The number of allylic oxidation sites excluding steroid dienone is 1. The Morgan fingerprint density at radius 2 is 1.38 bits per heavy atom. The van der Waals surface area contributed by atoms with E-state index in [1.54, 1.807) is 0 Å². The lowest BCUT2D eigenvalue weighted by Gasteiger charge is -2.02. The number of hydrogen-bond donors (Lipinski definition) is 0. The van der Waals surface area contributed by atoms with Gasteiger partial charge in [-0.05, 0) is 35.4 Å². The van der Waals surface area contributed by atoms with Gasteiger partial charge in [0.15, 0.2) is 27.1 Å². The third-order valence-electron chi connectivity index (χ3n) is 4.07. The normalized spacial score (nSPS) is 11.6. The zero-order chi connectivity index (χ0) is 23.9. The van der Waals surface area contributed by atoms with Gasteiger partial charge in [0, 0.05) is 17.5 Å². The zero-order valence-corrected chi connectivity index (χ0v) is 17.8. The highest BCUT2D eigenvalue weighted by atomic mass is 32.2. The molecule has 0 saturated heterocycles. The summed E-state index contributed by atoms with van der Waals surface area (Å²) in [5.74, 6) is -1.54. The highest BCUT2D eigenvalue weighted by Gasteiger charge is 2.16. The molecule has 0 atom stereocenters. The summed E-state index contributed by atoms with van der Waals surface area (Å²) in [5.41, 5.74) is -0.0928. The Morgan fingerprint density at radius 3 is 1.81 bits per heavy atom. The third kappa shape index (κ3) is 6.47. The van der Waals surface area contributed by atoms with Crippen molar-refractivity contribution in [3.8, 4) is 11.5 Å². The van der Waals surface area contributed by atoms with Crippen LogP contribution in [0.3, 0.4) is 0 Å². The van der Waals surface area contributed by atoms with Gasteiger partial charge in [0.1, 0.15) is 5.75 Å². The highest BCUT2D eigenvalue weighted by molar-refractivity contribution is 7.95. The van der Waals surface area contributed by atoms with Gasteiger partial charge in [-0.25, -0.2) is 8.42 Å². The monoisotopic (exact) mass is 462 g/mol. The van der Waals surface area contributed by atoms with Crippen LogP contribution in [0.15, 0.2) is 47.9 Å². The second-order valence-corrected chi connectivity index (χ2v) is 8.17. The largest absolute Gasteiger partial charge is 0.490 e. The van der Waals surface area contributed by atoms with E-state index < -0.39 is 31.2 Å². The second-order valence-electron chi connectivity index (χ2n) is 6.29. The number of rotatable bonds is 10. The molecule has 0 aliphatic rings. The Hall–Kier alpha value is -4.06. The quantitative estimate of drug-likeness (QED) is 0.294. The summed E-state index contributed by atoms with van der Waals surface area (Å²) >= 11 is 0. The number of carbonyl (C=O) groups is 1. The van der Waals surface area contributed by atoms with Crippen LogP contribution in [0.1, 0.15) is 11.1 Å². The Morgan fingerprint density at radius 1 is 0.906 bits per heavy atom. The molecule has 0 amide bonds. The van der Waals surface area contributed by atoms with Crippen molar-refractivity contribution in [2.75, 3.05) is 20.0 Å². The smallest absolute Gasteiger partial charge is 0.311 e. The molecule has 2 aromatic rings. The van der Waals surface area contributed by atoms with Crippen molar-refractivity contribution in [3.05, 3.63) is 79.2 Å². The number of nitrogens with zero attached hydrogens (tertiary/aromatic N) is 2. The van der Waals surface area contributed by atoms with Crippen molar-refractivity contribution in [2.24, 2.45) is 0 Å². The number of ketones is 1. The summed E-state index contributed by atoms with van der Waals surface area (Å²) in [5, 5.41) is 22.9. The summed E-state index contributed by atoms with van der Waals surface area (Å²) in [6.07, 6.45) is 3.38. The van der Waals surface area contributed by atoms with E-state index >= 15 is 0 Å². The molecule has 11 nitrogen and oxygen atoms in total. The fourth-order valence-corrected chi connectivity index (χ4v) is 3.53. The van der Waals surface area contributed by atoms with Gasteiger partial charge in [-0.2, -0.15) is 0 Å². The summed E-state index contributed by atoms with van der Waals surface area (Å²) in [6.45, 7) is 0. The van der Waals surface area contributed by atoms with Gasteiger partial charge in [0.2, 0.25) is 0 Å². The number of methoxy groups -OCH3 is 2. The molecule has 0 unspecified atom stereocenters. The third-order valence-corrected chi connectivity index (χ3v) is 5.31. The number of ether oxygens (including phenoxy) is 2. The van der Waals surface area contributed by atoms with Crippen molar-refractivity contribution in [2.45, 2.75) is 0 Å². The van der Waals surface area contributed by atoms with Crippen LogP contribution in [0.4, 0.5) is 11.4 Å². The molecule has 0 fully saturated rings. The molecule has 0 heterocycles. The molecule has 12 heteroatoms. The minimum atomic E-state index is -3.98. The summed E-state index contributed by atoms with van der Waals surface area (Å²) < 4.78 is 34.1. The summed E-state index contributed by atoms with van der Waals surface area (Å²) in [7, 11) is -1.42. The van der Waals surface area contributed by atoms with Crippen molar-refractivity contribution >= 4 is 39.1 Å². The van der Waals surface area contributed by atoms with Crippen LogP contribution in [0.25, 0.3) is 12.2 Å². The van der Waals surface area contributed by atoms with Gasteiger partial charge in [-0.1, -0.05) is 18.2 Å². The minimum Gasteiger partial charge on any atom is -0.490 e. The van der Waals surface area contributed by atoms with E-state index in [4.69, 9.17) is 9.47 Å². The average Bonchev–Trinajstić information content (AvgIpc) is 2.75. The minimum absolute atomic E-state index is 0.0223. The number of benzene rings is 2. The first kappa shape index (κ1) is 24.2. The van der Waals surface area contributed by atoms with Crippen molar-refractivity contribution < 1.29 is 32.5 Å². The lowest BCUT2D eigenvalue weighted by atomic mass is 10.1. The van der Waals surface area contributed by atoms with E-state index in [0.717, 1.165) is 23.6 Å². The molecule has 168 valence electrons.